The van der Waals surface area contributed by atoms with Crippen molar-refractivity contribution in [1.29, 1.82) is 0 Å². The van der Waals surface area contributed by atoms with Crippen molar-refractivity contribution in [1.82, 2.24) is 10.3 Å². The predicted molar refractivity (Wildman–Crippen MR) is 95.2 cm³/mol. The van der Waals surface area contributed by atoms with E-state index in [0.29, 0.717) is 24.1 Å². The van der Waals surface area contributed by atoms with E-state index < -0.39 is 0 Å². The summed E-state index contributed by atoms with van der Waals surface area (Å²) in [5.74, 6) is 0.730. The molecule has 0 spiro atoms. The zero-order valence-electron chi connectivity index (χ0n) is 14.3. The van der Waals surface area contributed by atoms with Crippen LogP contribution in [0.4, 0.5) is 11.4 Å². The van der Waals surface area contributed by atoms with Gasteiger partial charge in [0, 0.05) is 12.2 Å². The number of hydrogen-bond donors (Lipinski definition) is 2. The molecule has 0 unspecified atom stereocenters. The highest BCUT2D eigenvalue weighted by Gasteiger charge is 2.09. The molecular formula is C19H25N3O. The Bertz CT molecular complexity index is 648. The SMILES string of the molecule is CC(C)CNC(=O)c1ccc(Nc2ccccc2C(C)C)cn1. The van der Waals surface area contributed by atoms with Crippen LogP contribution in [0.5, 0.6) is 0 Å². The fourth-order valence-corrected chi connectivity index (χ4v) is 2.26. The molecule has 2 aromatic rings. The van der Waals surface area contributed by atoms with Crippen LogP contribution in [0.3, 0.4) is 0 Å². The molecule has 0 saturated heterocycles. The Morgan fingerprint density at radius 1 is 1.09 bits per heavy atom. The maximum Gasteiger partial charge on any atom is 0.269 e. The van der Waals surface area contributed by atoms with Crippen molar-refractivity contribution in [3.8, 4) is 0 Å². The van der Waals surface area contributed by atoms with Gasteiger partial charge in [-0.1, -0.05) is 45.9 Å². The summed E-state index contributed by atoms with van der Waals surface area (Å²) in [5.41, 5.74) is 3.64. The van der Waals surface area contributed by atoms with Gasteiger partial charge >= 0.3 is 0 Å². The second kappa shape index (κ2) is 7.77. The fraction of sp³-hybridized carbons (Fsp3) is 0.368. The third-order valence-corrected chi connectivity index (χ3v) is 3.53. The maximum absolute atomic E-state index is 12.0. The van der Waals surface area contributed by atoms with E-state index in [1.807, 2.05) is 18.2 Å². The van der Waals surface area contributed by atoms with Crippen molar-refractivity contribution in [2.45, 2.75) is 33.6 Å². The summed E-state index contributed by atoms with van der Waals surface area (Å²) in [6.07, 6.45) is 1.70. The Morgan fingerprint density at radius 3 is 2.43 bits per heavy atom. The molecule has 122 valence electrons. The monoisotopic (exact) mass is 311 g/mol. The Hall–Kier alpha value is -2.36. The molecule has 2 rings (SSSR count). The summed E-state index contributed by atoms with van der Waals surface area (Å²) in [7, 11) is 0. The highest BCUT2D eigenvalue weighted by molar-refractivity contribution is 5.92. The van der Waals surface area contributed by atoms with Gasteiger partial charge in [0.25, 0.3) is 5.91 Å². The quantitative estimate of drug-likeness (QED) is 0.834. The van der Waals surface area contributed by atoms with Crippen molar-refractivity contribution in [3.05, 3.63) is 53.9 Å². The Labute approximate surface area is 138 Å². The number of para-hydroxylation sites is 1. The minimum Gasteiger partial charge on any atom is -0.354 e. The van der Waals surface area contributed by atoms with Crippen LogP contribution in [0.2, 0.25) is 0 Å². The Kier molecular flexibility index (Phi) is 5.74. The molecule has 0 atom stereocenters. The highest BCUT2D eigenvalue weighted by Crippen LogP contribution is 2.26. The largest absolute Gasteiger partial charge is 0.354 e. The van der Waals surface area contributed by atoms with E-state index in [2.05, 4.69) is 55.4 Å². The molecule has 0 bridgehead atoms. The molecule has 1 aromatic heterocycles. The van der Waals surface area contributed by atoms with E-state index in [-0.39, 0.29) is 5.91 Å². The lowest BCUT2D eigenvalue weighted by Crippen LogP contribution is -2.27. The molecule has 2 N–H and O–H groups in total. The van der Waals surface area contributed by atoms with Crippen molar-refractivity contribution in [2.24, 2.45) is 5.92 Å². The van der Waals surface area contributed by atoms with Gasteiger partial charge in [0.05, 0.1) is 11.9 Å². The van der Waals surface area contributed by atoms with Crippen LogP contribution in [0, 0.1) is 5.92 Å². The summed E-state index contributed by atoms with van der Waals surface area (Å²) in [4.78, 5) is 16.2. The second-order valence-electron chi connectivity index (χ2n) is 6.40. The first-order valence-corrected chi connectivity index (χ1v) is 8.07. The maximum atomic E-state index is 12.0. The number of pyridine rings is 1. The summed E-state index contributed by atoms with van der Waals surface area (Å²) >= 11 is 0. The minimum absolute atomic E-state index is 0.132. The smallest absolute Gasteiger partial charge is 0.269 e. The highest BCUT2D eigenvalue weighted by atomic mass is 16.1. The van der Waals surface area contributed by atoms with Crippen LogP contribution in [0.25, 0.3) is 0 Å². The molecule has 1 aromatic carbocycles. The number of carbonyl (C=O) groups excluding carboxylic acids is 1. The van der Waals surface area contributed by atoms with Gasteiger partial charge in [0.1, 0.15) is 5.69 Å². The van der Waals surface area contributed by atoms with Gasteiger partial charge < -0.3 is 10.6 Å². The molecule has 0 aliphatic heterocycles. The minimum atomic E-state index is -0.132. The van der Waals surface area contributed by atoms with Gasteiger partial charge in [-0.3, -0.25) is 4.79 Å². The molecule has 0 fully saturated rings. The number of hydrogen-bond acceptors (Lipinski definition) is 3. The molecule has 0 saturated carbocycles. The van der Waals surface area contributed by atoms with E-state index >= 15 is 0 Å². The van der Waals surface area contributed by atoms with E-state index in [0.717, 1.165) is 11.4 Å². The summed E-state index contributed by atoms with van der Waals surface area (Å²) < 4.78 is 0. The third kappa shape index (κ3) is 4.81. The third-order valence-electron chi connectivity index (χ3n) is 3.53. The van der Waals surface area contributed by atoms with Gasteiger partial charge in [-0.2, -0.15) is 0 Å². The number of carbonyl (C=O) groups is 1. The Balaban J connectivity index is 2.07. The fourth-order valence-electron chi connectivity index (χ4n) is 2.26. The number of nitrogens with zero attached hydrogens (tertiary/aromatic N) is 1. The average molecular weight is 311 g/mol. The first-order chi connectivity index (χ1) is 11.0. The number of nitrogens with one attached hydrogen (secondary N) is 2. The molecule has 0 radical (unpaired) electrons. The molecule has 4 heteroatoms. The molecule has 0 aliphatic rings. The van der Waals surface area contributed by atoms with Crippen LogP contribution in [-0.2, 0) is 0 Å². The lowest BCUT2D eigenvalue weighted by molar-refractivity contribution is 0.0944. The van der Waals surface area contributed by atoms with Crippen LogP contribution < -0.4 is 10.6 Å². The molecule has 0 aliphatic carbocycles. The molecule has 4 nitrogen and oxygen atoms in total. The molecule has 1 heterocycles. The van der Waals surface area contributed by atoms with Gasteiger partial charge in [-0.15, -0.1) is 0 Å². The lowest BCUT2D eigenvalue weighted by atomic mass is 10.0. The normalized spacial score (nSPS) is 10.9. The predicted octanol–water partition coefficient (Wildman–Crippen LogP) is 4.33. The van der Waals surface area contributed by atoms with Crippen LogP contribution in [-0.4, -0.2) is 17.4 Å². The standard InChI is InChI=1S/C19H25N3O/c1-13(2)11-21-19(23)18-10-9-15(12-20-18)22-17-8-6-5-7-16(17)14(3)4/h5-10,12-14,22H,11H2,1-4H3,(H,21,23). The van der Waals surface area contributed by atoms with Gasteiger partial charge in [-0.25, -0.2) is 4.98 Å². The second-order valence-corrected chi connectivity index (χ2v) is 6.40. The zero-order chi connectivity index (χ0) is 16.8. The lowest BCUT2D eigenvalue weighted by Gasteiger charge is -2.14. The van der Waals surface area contributed by atoms with Gasteiger partial charge in [0.2, 0.25) is 0 Å². The molecule has 1 amide bonds. The van der Waals surface area contributed by atoms with Crippen LogP contribution >= 0.6 is 0 Å². The summed E-state index contributed by atoms with van der Waals surface area (Å²) in [6.45, 7) is 9.11. The Morgan fingerprint density at radius 2 is 1.83 bits per heavy atom. The zero-order valence-corrected chi connectivity index (χ0v) is 14.3. The number of rotatable bonds is 6. The van der Waals surface area contributed by atoms with Crippen molar-refractivity contribution in [2.75, 3.05) is 11.9 Å². The van der Waals surface area contributed by atoms with Crippen molar-refractivity contribution < 1.29 is 4.79 Å². The first kappa shape index (κ1) is 17.0. The molecule has 23 heavy (non-hydrogen) atoms. The van der Waals surface area contributed by atoms with E-state index in [1.165, 1.54) is 5.56 Å². The van der Waals surface area contributed by atoms with Crippen molar-refractivity contribution in [3.63, 3.8) is 0 Å². The van der Waals surface area contributed by atoms with Gasteiger partial charge in [-0.05, 0) is 35.6 Å². The van der Waals surface area contributed by atoms with Crippen LogP contribution in [0.1, 0.15) is 49.7 Å². The number of amides is 1. The van der Waals surface area contributed by atoms with Gasteiger partial charge in [0.15, 0.2) is 0 Å². The topological polar surface area (TPSA) is 54.0 Å². The first-order valence-electron chi connectivity index (χ1n) is 8.07. The number of aromatic nitrogens is 1. The number of benzene rings is 1. The molecular weight excluding hydrogens is 286 g/mol. The van der Waals surface area contributed by atoms with E-state index in [4.69, 9.17) is 0 Å². The van der Waals surface area contributed by atoms with E-state index in [1.54, 1.807) is 12.3 Å². The summed E-state index contributed by atoms with van der Waals surface area (Å²) in [5, 5.41) is 6.25. The van der Waals surface area contributed by atoms with Crippen molar-refractivity contribution >= 4 is 17.3 Å². The number of anilines is 2. The summed E-state index contributed by atoms with van der Waals surface area (Å²) in [6, 6.07) is 11.9. The van der Waals surface area contributed by atoms with E-state index in [9.17, 15) is 4.79 Å². The van der Waals surface area contributed by atoms with Crippen LogP contribution in [0.15, 0.2) is 42.6 Å². The average Bonchev–Trinajstić information content (AvgIpc) is 2.53.